The topological polar surface area (TPSA) is 33.1 Å². The molecule has 2 nitrogen and oxygen atoms in total. The van der Waals surface area contributed by atoms with E-state index in [0.29, 0.717) is 6.42 Å². The summed E-state index contributed by atoms with van der Waals surface area (Å²) in [5.41, 5.74) is 6.17. The van der Waals surface area contributed by atoms with Gasteiger partial charge in [0.1, 0.15) is 6.10 Å². The highest BCUT2D eigenvalue weighted by Crippen LogP contribution is 2.21. The van der Waals surface area contributed by atoms with Crippen molar-refractivity contribution in [1.82, 2.24) is 4.98 Å². The second kappa shape index (κ2) is 4.76. The number of nitrogens with zero attached hydrogens (tertiary/aromatic N) is 1. The highest BCUT2D eigenvalue weighted by Gasteiger charge is 2.11. The van der Waals surface area contributed by atoms with Crippen LogP contribution in [0.3, 0.4) is 0 Å². The van der Waals surface area contributed by atoms with Gasteiger partial charge in [0.05, 0.1) is 11.2 Å². The first-order valence-electron chi connectivity index (χ1n) is 5.29. The largest absolute Gasteiger partial charge is 0.386 e. The van der Waals surface area contributed by atoms with E-state index >= 15 is 0 Å². The molecule has 0 fully saturated rings. The first kappa shape index (κ1) is 11.3. The zero-order valence-corrected chi connectivity index (χ0v) is 10.3. The zero-order valence-electron chi connectivity index (χ0n) is 9.47. The van der Waals surface area contributed by atoms with Crippen molar-refractivity contribution in [2.75, 3.05) is 0 Å². The van der Waals surface area contributed by atoms with E-state index in [-0.39, 0.29) is 0 Å². The van der Waals surface area contributed by atoms with Crippen molar-refractivity contribution in [1.29, 1.82) is 0 Å². The van der Waals surface area contributed by atoms with Crippen LogP contribution in [0.2, 0.25) is 0 Å². The molecule has 16 heavy (non-hydrogen) atoms. The maximum absolute atomic E-state index is 10.0. The second-order valence-electron chi connectivity index (χ2n) is 4.06. The number of rotatable bonds is 3. The molecule has 0 aliphatic heterocycles. The molecular weight excluding hydrogens is 218 g/mol. The summed E-state index contributed by atoms with van der Waals surface area (Å²) >= 11 is 1.51. The van der Waals surface area contributed by atoms with Gasteiger partial charge in [0.25, 0.3) is 0 Å². The summed E-state index contributed by atoms with van der Waals surface area (Å²) in [4.78, 5) is 4.13. The lowest BCUT2D eigenvalue weighted by molar-refractivity contribution is 0.174. The quantitative estimate of drug-likeness (QED) is 0.884. The Morgan fingerprint density at radius 1 is 1.38 bits per heavy atom. The van der Waals surface area contributed by atoms with Crippen molar-refractivity contribution in [3.05, 3.63) is 51.5 Å². The van der Waals surface area contributed by atoms with Gasteiger partial charge in [0.2, 0.25) is 0 Å². The smallest absolute Gasteiger partial charge is 0.101 e. The molecule has 1 unspecified atom stereocenters. The minimum absolute atomic E-state index is 0.494. The summed E-state index contributed by atoms with van der Waals surface area (Å²) in [7, 11) is 0. The van der Waals surface area contributed by atoms with Crippen LogP contribution in [0.15, 0.2) is 29.1 Å². The van der Waals surface area contributed by atoms with Crippen LogP contribution in [0, 0.1) is 13.8 Å². The molecule has 0 radical (unpaired) electrons. The Balaban J connectivity index is 2.17. The number of thiazole rings is 1. The maximum Gasteiger partial charge on any atom is 0.101 e. The van der Waals surface area contributed by atoms with Crippen molar-refractivity contribution >= 4 is 11.3 Å². The Morgan fingerprint density at radius 3 is 2.88 bits per heavy atom. The SMILES string of the molecule is Cc1ccc(C)c(CC(O)c2cscn2)c1. The van der Waals surface area contributed by atoms with E-state index in [1.165, 1.54) is 28.0 Å². The number of aliphatic hydroxyl groups is 1. The fourth-order valence-corrected chi connectivity index (χ4v) is 2.32. The van der Waals surface area contributed by atoms with Crippen molar-refractivity contribution in [2.45, 2.75) is 26.4 Å². The molecule has 0 aliphatic rings. The standard InChI is InChI=1S/C13H15NOS/c1-9-3-4-10(2)11(5-9)6-13(15)12-7-16-8-14-12/h3-5,7-8,13,15H,6H2,1-2H3. The molecular formula is C13H15NOS. The molecule has 0 bridgehead atoms. The molecule has 84 valence electrons. The summed E-state index contributed by atoms with van der Waals surface area (Å²) in [6, 6.07) is 6.32. The van der Waals surface area contributed by atoms with Gasteiger partial charge < -0.3 is 5.11 Å². The summed E-state index contributed by atoms with van der Waals surface area (Å²) in [6.07, 6.45) is 0.142. The number of hydrogen-bond acceptors (Lipinski definition) is 3. The first-order chi connectivity index (χ1) is 7.66. The summed E-state index contributed by atoms with van der Waals surface area (Å²) in [5.74, 6) is 0. The maximum atomic E-state index is 10.0. The third kappa shape index (κ3) is 2.49. The average molecular weight is 233 g/mol. The van der Waals surface area contributed by atoms with E-state index in [0.717, 1.165) is 5.69 Å². The second-order valence-corrected chi connectivity index (χ2v) is 4.78. The number of aromatic nitrogens is 1. The minimum Gasteiger partial charge on any atom is -0.386 e. The van der Waals surface area contributed by atoms with Gasteiger partial charge >= 0.3 is 0 Å². The Kier molecular flexibility index (Phi) is 3.36. The normalized spacial score (nSPS) is 12.7. The molecule has 1 N–H and O–H groups in total. The van der Waals surface area contributed by atoms with Gasteiger partial charge in [0, 0.05) is 11.8 Å². The van der Waals surface area contributed by atoms with Gasteiger partial charge in [-0.2, -0.15) is 0 Å². The molecule has 1 aromatic heterocycles. The van der Waals surface area contributed by atoms with Crippen molar-refractivity contribution < 1.29 is 5.11 Å². The average Bonchev–Trinajstić information content (AvgIpc) is 2.76. The van der Waals surface area contributed by atoms with Crippen LogP contribution in [0.4, 0.5) is 0 Å². The molecule has 3 heteroatoms. The van der Waals surface area contributed by atoms with Crippen molar-refractivity contribution in [2.24, 2.45) is 0 Å². The van der Waals surface area contributed by atoms with E-state index in [2.05, 4.69) is 37.0 Å². The fraction of sp³-hybridized carbons (Fsp3) is 0.308. The Morgan fingerprint density at radius 2 is 2.19 bits per heavy atom. The van der Waals surface area contributed by atoms with Crippen LogP contribution >= 0.6 is 11.3 Å². The molecule has 2 rings (SSSR count). The predicted octanol–water partition coefficient (Wildman–Crippen LogP) is 3.04. The van der Waals surface area contributed by atoms with Gasteiger partial charge in [-0.1, -0.05) is 23.8 Å². The van der Waals surface area contributed by atoms with E-state index in [1.807, 2.05) is 5.38 Å². The summed E-state index contributed by atoms with van der Waals surface area (Å²) < 4.78 is 0. The highest BCUT2D eigenvalue weighted by molar-refractivity contribution is 7.07. The molecule has 1 atom stereocenters. The summed E-state index contributed by atoms with van der Waals surface area (Å²) in [6.45, 7) is 4.14. The Labute approximate surface area is 99.6 Å². The van der Waals surface area contributed by atoms with Crippen LogP contribution in [-0.2, 0) is 6.42 Å². The Bertz CT molecular complexity index is 465. The molecule has 0 amide bonds. The van der Waals surface area contributed by atoms with Crippen LogP contribution in [0.5, 0.6) is 0 Å². The Hall–Kier alpha value is -1.19. The van der Waals surface area contributed by atoms with Crippen molar-refractivity contribution in [3.8, 4) is 0 Å². The van der Waals surface area contributed by atoms with E-state index in [1.54, 1.807) is 5.51 Å². The third-order valence-electron chi connectivity index (χ3n) is 2.71. The highest BCUT2D eigenvalue weighted by atomic mass is 32.1. The molecule has 0 saturated carbocycles. The van der Waals surface area contributed by atoms with E-state index < -0.39 is 6.10 Å². The fourth-order valence-electron chi connectivity index (χ4n) is 1.72. The first-order valence-corrected chi connectivity index (χ1v) is 6.23. The predicted molar refractivity (Wildman–Crippen MR) is 66.7 cm³/mol. The van der Waals surface area contributed by atoms with E-state index in [4.69, 9.17) is 0 Å². The lowest BCUT2D eigenvalue weighted by Gasteiger charge is -2.11. The molecule has 0 aliphatic carbocycles. The van der Waals surface area contributed by atoms with Gasteiger partial charge in [-0.15, -0.1) is 11.3 Å². The zero-order chi connectivity index (χ0) is 11.5. The van der Waals surface area contributed by atoms with Crippen LogP contribution < -0.4 is 0 Å². The summed E-state index contributed by atoms with van der Waals surface area (Å²) in [5, 5.41) is 11.9. The molecule has 0 saturated heterocycles. The molecule has 0 spiro atoms. The number of aryl methyl sites for hydroxylation is 2. The third-order valence-corrected chi connectivity index (χ3v) is 3.32. The van der Waals surface area contributed by atoms with Gasteiger partial charge in [-0.25, -0.2) is 4.98 Å². The number of benzene rings is 1. The monoisotopic (exact) mass is 233 g/mol. The van der Waals surface area contributed by atoms with Crippen LogP contribution in [0.1, 0.15) is 28.5 Å². The van der Waals surface area contributed by atoms with Gasteiger partial charge in [0.15, 0.2) is 0 Å². The lowest BCUT2D eigenvalue weighted by Crippen LogP contribution is -2.03. The van der Waals surface area contributed by atoms with Crippen LogP contribution in [0.25, 0.3) is 0 Å². The number of aliphatic hydroxyl groups excluding tert-OH is 1. The van der Waals surface area contributed by atoms with Crippen LogP contribution in [-0.4, -0.2) is 10.1 Å². The molecule has 2 aromatic rings. The minimum atomic E-state index is -0.494. The van der Waals surface area contributed by atoms with Gasteiger partial charge in [-0.3, -0.25) is 0 Å². The molecule has 1 aromatic carbocycles. The van der Waals surface area contributed by atoms with Crippen molar-refractivity contribution in [3.63, 3.8) is 0 Å². The molecule has 1 heterocycles. The van der Waals surface area contributed by atoms with E-state index in [9.17, 15) is 5.11 Å². The lowest BCUT2D eigenvalue weighted by atomic mass is 9.99. The van der Waals surface area contributed by atoms with Gasteiger partial charge in [-0.05, 0) is 25.0 Å². The number of hydrogen-bond donors (Lipinski definition) is 1.